The van der Waals surface area contributed by atoms with Crippen molar-refractivity contribution in [3.8, 4) is 0 Å². The second kappa shape index (κ2) is 18.5. The third kappa shape index (κ3) is 8.76. The highest BCUT2D eigenvalue weighted by molar-refractivity contribution is 7.45. The normalized spacial score (nSPS) is 37.5. The van der Waals surface area contributed by atoms with Gasteiger partial charge in [-0.15, -0.1) is 0 Å². The van der Waals surface area contributed by atoms with E-state index in [1.54, 1.807) is 0 Å². The molecule has 4 saturated heterocycles. The Labute approximate surface area is 340 Å². The Balaban J connectivity index is 0.000000184. The molecule has 4 aliphatic rings. The molecule has 0 aliphatic carbocycles. The molecule has 8 heterocycles. The van der Waals surface area contributed by atoms with Gasteiger partial charge < -0.3 is 106 Å². The summed E-state index contributed by atoms with van der Waals surface area (Å²) in [4.78, 5) is 45.7. The molecule has 4 aliphatic heterocycles. The number of aromatic nitrogens is 8. The van der Waals surface area contributed by atoms with Crippen molar-refractivity contribution in [2.24, 2.45) is 0 Å². The van der Waals surface area contributed by atoms with Gasteiger partial charge in [0, 0.05) is 0 Å². The van der Waals surface area contributed by atoms with E-state index in [0.717, 1.165) is 6.33 Å². The minimum atomic E-state index is -4.64. The first-order valence-corrected chi connectivity index (χ1v) is 19.5. The largest absolute Gasteiger partial charge is 0.466 e. The van der Waals surface area contributed by atoms with Gasteiger partial charge in [0.25, 0.3) is 0 Å². The van der Waals surface area contributed by atoms with Crippen LogP contribution < -0.4 is 11.5 Å². The Morgan fingerprint density at radius 1 is 0.639 bits per heavy atom. The molecule has 4 fully saturated rings. The highest BCUT2D eigenvalue weighted by Gasteiger charge is 2.66. The van der Waals surface area contributed by atoms with Crippen LogP contribution in [0.15, 0.2) is 25.3 Å². The number of fused-ring (bicyclic) bond motifs is 2. The van der Waals surface area contributed by atoms with Gasteiger partial charge in [0.2, 0.25) is 5.72 Å². The summed E-state index contributed by atoms with van der Waals surface area (Å²) >= 11 is 0. The summed E-state index contributed by atoms with van der Waals surface area (Å²) < 4.78 is 39.7. The zero-order chi connectivity index (χ0) is 44.7. The molecule has 61 heavy (non-hydrogen) atoms. The number of ether oxygens (including phenoxy) is 5. The van der Waals surface area contributed by atoms with Gasteiger partial charge in [0.05, 0.1) is 39.1 Å². The molecule has 4 aromatic rings. The van der Waals surface area contributed by atoms with Gasteiger partial charge in [-0.25, -0.2) is 34.5 Å². The van der Waals surface area contributed by atoms with Crippen LogP contribution in [0.1, 0.15) is 6.23 Å². The number of imidazole rings is 2. The fraction of sp³-hybridized carbons (Fsp3) is 0.667. The van der Waals surface area contributed by atoms with E-state index in [-0.39, 0.29) is 22.8 Å². The topological polar surface area (TPSA) is 486 Å². The lowest BCUT2D eigenvalue weighted by Gasteiger charge is -2.39. The van der Waals surface area contributed by atoms with Crippen LogP contribution in [0.3, 0.4) is 0 Å². The number of phosphoric acid groups is 1. The van der Waals surface area contributed by atoms with E-state index in [2.05, 4.69) is 29.9 Å². The molecule has 30 nitrogen and oxygen atoms in total. The second-order valence-electron chi connectivity index (χ2n) is 14.0. The Kier molecular flexibility index (Phi) is 14.1. The zero-order valence-corrected chi connectivity index (χ0v) is 32.1. The molecule has 18 N–H and O–H groups in total. The van der Waals surface area contributed by atoms with Crippen LogP contribution in [0.5, 0.6) is 0 Å². The fourth-order valence-corrected chi connectivity index (χ4v) is 7.33. The number of hydrogen-bond donors (Lipinski definition) is 16. The monoisotopic (exact) mass is 896 g/mol. The standard InChI is InChI=1S/2C15H21N5O8.H3O4P/c16-13-7-14(18-3-17-13)20(4-19-7)15(11(26)9(24)6(2-22)28-15)12-10(25)8(23)5(1-21)27-12;16-12-7-13(18-3-17-12)20(4-19-7)14-11(9(24)6(2-22)26-14)28-15-10(25)8(23)5(1-21)27-15;1-5(2,3)4/h3-6,8-12,21-26H,1-2H2,(H2,16,17,18);3-6,8-11,14-15,21-25H,1-2H2,(H2,16,17,18);(H3,1,2,3,4)/t5-,6-,8-,9-,10-,11-,12?,15+;5-,6-,8-,9-,10-,11-,14-,15?;/m11./s1. The number of nitrogens with zero attached hydrogens (tertiary/aromatic N) is 8. The molecule has 0 radical (unpaired) electrons. The lowest BCUT2D eigenvalue weighted by molar-refractivity contribution is -0.231. The number of hydrogen-bond acceptors (Lipinski definition) is 25. The van der Waals surface area contributed by atoms with Crippen LogP contribution in [0, 0.1) is 0 Å². The van der Waals surface area contributed by atoms with Crippen molar-refractivity contribution in [2.75, 3.05) is 37.9 Å². The van der Waals surface area contributed by atoms with Gasteiger partial charge in [-0.1, -0.05) is 0 Å². The molecule has 16 atom stereocenters. The number of anilines is 2. The summed E-state index contributed by atoms with van der Waals surface area (Å²) in [7, 11) is -4.64. The number of rotatable bonds is 9. The molecule has 2 unspecified atom stereocenters. The van der Waals surface area contributed by atoms with E-state index in [4.69, 9.17) is 54.4 Å². The highest BCUT2D eigenvalue weighted by Crippen LogP contribution is 2.46. The molecular formula is C30H45N10O20P. The molecule has 0 saturated carbocycles. The summed E-state index contributed by atoms with van der Waals surface area (Å²) in [5.74, 6) is 0.203. The van der Waals surface area contributed by atoms with Crippen LogP contribution in [-0.2, 0) is 34.0 Å². The van der Waals surface area contributed by atoms with Gasteiger partial charge in [-0.3, -0.25) is 9.13 Å². The van der Waals surface area contributed by atoms with E-state index in [9.17, 15) is 56.2 Å². The fourth-order valence-electron chi connectivity index (χ4n) is 7.33. The van der Waals surface area contributed by atoms with Crippen LogP contribution >= 0.6 is 7.82 Å². The first kappa shape index (κ1) is 46.7. The molecule has 0 aromatic carbocycles. The minimum Gasteiger partial charge on any atom is -0.394 e. The Morgan fingerprint density at radius 2 is 1.15 bits per heavy atom. The van der Waals surface area contributed by atoms with Gasteiger partial charge in [0.15, 0.2) is 35.4 Å². The van der Waals surface area contributed by atoms with E-state index in [0.29, 0.717) is 11.2 Å². The van der Waals surface area contributed by atoms with E-state index in [1.807, 2.05) is 0 Å². The number of nitrogen functional groups attached to an aromatic ring is 2. The Bertz CT molecular complexity index is 2140. The Morgan fingerprint density at radius 3 is 1.69 bits per heavy atom. The molecule has 0 spiro atoms. The number of aliphatic hydroxyl groups excluding tert-OH is 11. The van der Waals surface area contributed by atoms with Crippen LogP contribution in [-0.4, -0.2) is 222 Å². The summed E-state index contributed by atoms with van der Waals surface area (Å²) in [6, 6.07) is 0. The van der Waals surface area contributed by atoms with Crippen LogP contribution in [0.2, 0.25) is 0 Å². The summed E-state index contributed by atoms with van der Waals surface area (Å²) in [6.07, 6.45) is -14.8. The predicted molar refractivity (Wildman–Crippen MR) is 193 cm³/mol. The lowest BCUT2D eigenvalue weighted by atomic mass is 9.92. The molecular weight excluding hydrogens is 851 g/mol. The van der Waals surface area contributed by atoms with Crippen LogP contribution in [0.25, 0.3) is 22.3 Å². The van der Waals surface area contributed by atoms with Gasteiger partial charge in [0.1, 0.15) is 103 Å². The van der Waals surface area contributed by atoms with Crippen molar-refractivity contribution in [3.63, 3.8) is 0 Å². The predicted octanol–water partition coefficient (Wildman–Crippen LogP) is -8.79. The molecule has 0 bridgehead atoms. The van der Waals surface area contributed by atoms with E-state index in [1.165, 1.54) is 28.1 Å². The SMILES string of the molecule is Nc1ncnc2c1ncn2[C@@H]1O[C@H](CO)[C@@H](O)[C@H]1OC1O[C@H](CO)[C@@H](O)[C@H]1O.Nc1ncnc2c1ncn2[C@]1(C2O[C@H](CO)[C@@H](O)[C@H]2O)O[C@H](CO)[C@@H](O)[C@H]1O.O=P(O)(O)O. The van der Waals surface area contributed by atoms with E-state index >= 15 is 0 Å². The van der Waals surface area contributed by atoms with Gasteiger partial charge in [-0.2, -0.15) is 0 Å². The van der Waals surface area contributed by atoms with Crippen molar-refractivity contribution >= 4 is 41.8 Å². The molecule has 0 amide bonds. The van der Waals surface area contributed by atoms with Crippen molar-refractivity contribution in [2.45, 2.75) is 97.6 Å². The van der Waals surface area contributed by atoms with Crippen molar-refractivity contribution < 1.29 is 99.1 Å². The summed E-state index contributed by atoms with van der Waals surface area (Å²) in [5, 5.41) is 110. The second-order valence-corrected chi connectivity index (χ2v) is 15.0. The smallest absolute Gasteiger partial charge is 0.394 e. The Hall–Kier alpha value is -3.83. The summed E-state index contributed by atoms with van der Waals surface area (Å²) in [6.45, 7) is -2.25. The summed E-state index contributed by atoms with van der Waals surface area (Å²) in [5.41, 5.74) is 10.5. The minimum absolute atomic E-state index is 0.0480. The first-order chi connectivity index (χ1) is 28.8. The molecule has 31 heteroatoms. The first-order valence-electron chi connectivity index (χ1n) is 18.0. The van der Waals surface area contributed by atoms with Gasteiger partial charge >= 0.3 is 7.82 Å². The highest BCUT2D eigenvalue weighted by atomic mass is 31.2. The average molecular weight is 897 g/mol. The third-order valence-corrected chi connectivity index (χ3v) is 10.3. The number of nitrogens with two attached hydrogens (primary N) is 2. The van der Waals surface area contributed by atoms with Crippen molar-refractivity contribution in [1.82, 2.24) is 39.0 Å². The average Bonchev–Trinajstić information content (AvgIpc) is 4.07. The molecule has 340 valence electrons. The quantitative estimate of drug-likeness (QED) is 0.0694. The maximum Gasteiger partial charge on any atom is 0.466 e. The van der Waals surface area contributed by atoms with E-state index < -0.39 is 132 Å². The lowest BCUT2D eigenvalue weighted by Crippen LogP contribution is -2.58. The third-order valence-electron chi connectivity index (χ3n) is 10.3. The number of aliphatic hydroxyl groups is 11. The molecule has 8 rings (SSSR count). The van der Waals surface area contributed by atoms with Gasteiger partial charge in [-0.05, 0) is 0 Å². The van der Waals surface area contributed by atoms with Crippen molar-refractivity contribution in [3.05, 3.63) is 25.3 Å². The molecule has 4 aromatic heterocycles. The maximum absolute atomic E-state index is 10.9. The van der Waals surface area contributed by atoms with Crippen LogP contribution in [0.4, 0.5) is 11.6 Å². The zero-order valence-electron chi connectivity index (χ0n) is 31.2. The van der Waals surface area contributed by atoms with Crippen molar-refractivity contribution in [1.29, 1.82) is 0 Å². The maximum atomic E-state index is 10.9.